The Hall–Kier alpha value is -5.92. The van der Waals surface area contributed by atoms with Crippen LogP contribution in [0.5, 0.6) is 0 Å². The van der Waals surface area contributed by atoms with Crippen molar-refractivity contribution in [2.24, 2.45) is 10.3 Å². The van der Waals surface area contributed by atoms with Gasteiger partial charge in [-0.15, -0.1) is 0 Å². The van der Waals surface area contributed by atoms with Gasteiger partial charge in [-0.2, -0.15) is 0 Å². The molecule has 264 valence electrons. The quantitative estimate of drug-likeness (QED) is 0.129. The number of nitrogens with one attached hydrogen (secondary N) is 2. The number of rotatable bonds is 8. The molecule has 0 radical (unpaired) electrons. The van der Waals surface area contributed by atoms with Gasteiger partial charge in [-0.1, -0.05) is 97.1 Å². The fraction of sp³-hybridized carbons (Fsp3) is 0.0500. The molecule has 0 bridgehead atoms. The van der Waals surface area contributed by atoms with Crippen molar-refractivity contribution in [2.45, 2.75) is 23.6 Å². The van der Waals surface area contributed by atoms with E-state index in [9.17, 15) is 26.4 Å². The SMILES string of the molecule is Cc1ccccc1C(=O)Nc1ccc(-c2ccccc2S(N)(=O)=O)cc1.Cc1ccccc1NC(=O)c1ccc(-c2ccccc2S(N)(=O)=O)cc1. The van der Waals surface area contributed by atoms with Crippen molar-refractivity contribution in [1.82, 2.24) is 0 Å². The van der Waals surface area contributed by atoms with Gasteiger partial charge in [-0.25, -0.2) is 27.1 Å². The summed E-state index contributed by atoms with van der Waals surface area (Å²) in [4.78, 5) is 24.9. The highest BCUT2D eigenvalue weighted by Gasteiger charge is 2.16. The lowest BCUT2D eigenvalue weighted by atomic mass is 10.0. The number of aryl methyl sites for hydroxylation is 2. The summed E-state index contributed by atoms with van der Waals surface area (Å²) in [6.07, 6.45) is 0. The third kappa shape index (κ3) is 9.24. The average Bonchev–Trinajstić information content (AvgIpc) is 3.13. The van der Waals surface area contributed by atoms with E-state index in [-0.39, 0.29) is 21.6 Å². The molecule has 52 heavy (non-hydrogen) atoms. The fourth-order valence-electron chi connectivity index (χ4n) is 5.37. The maximum atomic E-state index is 12.4. The van der Waals surface area contributed by atoms with Crippen molar-refractivity contribution < 1.29 is 26.4 Å². The number of para-hydroxylation sites is 1. The molecule has 6 rings (SSSR count). The maximum Gasteiger partial charge on any atom is 0.255 e. The number of sulfonamides is 2. The van der Waals surface area contributed by atoms with Gasteiger partial charge in [0.2, 0.25) is 20.0 Å². The molecule has 0 unspecified atom stereocenters. The first-order chi connectivity index (χ1) is 24.7. The molecule has 0 fully saturated rings. The van der Waals surface area contributed by atoms with Crippen LogP contribution < -0.4 is 20.9 Å². The van der Waals surface area contributed by atoms with E-state index in [2.05, 4.69) is 10.6 Å². The summed E-state index contributed by atoms with van der Waals surface area (Å²) in [6.45, 7) is 3.80. The summed E-state index contributed by atoms with van der Waals surface area (Å²) in [6, 6.07) is 41.6. The van der Waals surface area contributed by atoms with Gasteiger partial charge in [0, 0.05) is 33.6 Å². The van der Waals surface area contributed by atoms with E-state index in [4.69, 9.17) is 10.3 Å². The molecule has 0 aliphatic rings. The number of benzene rings is 6. The first-order valence-electron chi connectivity index (χ1n) is 15.9. The van der Waals surface area contributed by atoms with Crippen LogP contribution in [-0.2, 0) is 20.0 Å². The van der Waals surface area contributed by atoms with Crippen molar-refractivity contribution in [3.63, 3.8) is 0 Å². The van der Waals surface area contributed by atoms with Gasteiger partial charge in [0.25, 0.3) is 11.8 Å². The second kappa shape index (κ2) is 16.0. The van der Waals surface area contributed by atoms with E-state index in [1.807, 2.05) is 56.3 Å². The smallest absolute Gasteiger partial charge is 0.255 e. The van der Waals surface area contributed by atoms with Gasteiger partial charge < -0.3 is 10.6 Å². The minimum atomic E-state index is -3.83. The van der Waals surface area contributed by atoms with Crippen molar-refractivity contribution >= 4 is 43.2 Å². The van der Waals surface area contributed by atoms with E-state index in [0.717, 1.165) is 16.8 Å². The van der Waals surface area contributed by atoms with Gasteiger partial charge in [0.05, 0.1) is 9.79 Å². The summed E-state index contributed by atoms with van der Waals surface area (Å²) in [7, 11) is -7.65. The lowest BCUT2D eigenvalue weighted by Crippen LogP contribution is -2.13. The average molecular weight is 733 g/mol. The van der Waals surface area contributed by atoms with Crippen LogP contribution in [0.2, 0.25) is 0 Å². The molecule has 0 saturated heterocycles. The molecular weight excluding hydrogens is 697 g/mol. The summed E-state index contributed by atoms with van der Waals surface area (Å²) >= 11 is 0. The Balaban J connectivity index is 0.000000201. The molecule has 6 aromatic rings. The topological polar surface area (TPSA) is 179 Å². The second-order valence-corrected chi connectivity index (χ2v) is 14.8. The number of carbonyl (C=O) groups excluding carboxylic acids is 2. The number of nitrogens with two attached hydrogens (primary N) is 2. The van der Waals surface area contributed by atoms with Crippen LogP contribution in [0.4, 0.5) is 11.4 Å². The van der Waals surface area contributed by atoms with Crippen LogP contribution in [0.25, 0.3) is 22.3 Å². The Kier molecular flexibility index (Phi) is 11.5. The van der Waals surface area contributed by atoms with E-state index in [1.54, 1.807) is 91.0 Å². The van der Waals surface area contributed by atoms with Crippen LogP contribution in [0.3, 0.4) is 0 Å². The first kappa shape index (κ1) is 37.3. The Labute approximate surface area is 303 Å². The molecule has 0 aliphatic heterocycles. The zero-order valence-electron chi connectivity index (χ0n) is 28.3. The molecule has 0 atom stereocenters. The van der Waals surface area contributed by atoms with E-state index in [0.29, 0.717) is 39.1 Å². The number of hydrogen-bond acceptors (Lipinski definition) is 6. The molecule has 0 saturated carbocycles. The first-order valence-corrected chi connectivity index (χ1v) is 19.0. The minimum Gasteiger partial charge on any atom is -0.322 e. The zero-order valence-corrected chi connectivity index (χ0v) is 29.9. The molecule has 0 spiro atoms. The molecule has 0 heterocycles. The van der Waals surface area contributed by atoms with Crippen LogP contribution in [-0.4, -0.2) is 28.6 Å². The predicted molar refractivity (Wildman–Crippen MR) is 205 cm³/mol. The summed E-state index contributed by atoms with van der Waals surface area (Å²) < 4.78 is 47.0. The van der Waals surface area contributed by atoms with Crippen molar-refractivity contribution in [3.8, 4) is 22.3 Å². The molecule has 2 amide bonds. The van der Waals surface area contributed by atoms with Gasteiger partial charge in [0.15, 0.2) is 0 Å². The molecule has 6 aromatic carbocycles. The van der Waals surface area contributed by atoms with Crippen LogP contribution >= 0.6 is 0 Å². The highest BCUT2D eigenvalue weighted by molar-refractivity contribution is 7.89. The Bertz CT molecular complexity index is 2470. The van der Waals surface area contributed by atoms with Gasteiger partial charge in [-0.05, 0) is 84.6 Å². The molecule has 12 heteroatoms. The van der Waals surface area contributed by atoms with E-state index >= 15 is 0 Å². The normalized spacial score (nSPS) is 11.2. The highest BCUT2D eigenvalue weighted by atomic mass is 32.2. The standard InChI is InChI=1S/2C20H18N2O3S/c1-14-6-2-4-8-18(14)22-20(23)16-12-10-15(11-13-16)17-7-3-5-9-19(17)26(21,24)25;1-14-6-2-3-7-17(14)20(23)22-16-12-10-15(11-13-16)18-8-4-5-9-19(18)26(21,24)25/h2*2-13H,1H3,(H,22,23)(H2,21,24,25). The fourth-order valence-corrected chi connectivity index (χ4v) is 6.90. The molecule has 6 N–H and O–H groups in total. The molecule has 0 aromatic heterocycles. The summed E-state index contributed by atoms with van der Waals surface area (Å²) in [5, 5.41) is 16.3. The number of hydrogen-bond donors (Lipinski definition) is 4. The van der Waals surface area contributed by atoms with E-state index in [1.165, 1.54) is 12.1 Å². The zero-order chi connectivity index (χ0) is 37.5. The third-order valence-corrected chi connectivity index (χ3v) is 10.0. The number of carbonyl (C=O) groups is 2. The highest BCUT2D eigenvalue weighted by Crippen LogP contribution is 2.29. The van der Waals surface area contributed by atoms with Crippen molar-refractivity contribution in [1.29, 1.82) is 0 Å². The molecular formula is C40H36N4O6S2. The van der Waals surface area contributed by atoms with Crippen LogP contribution in [0, 0.1) is 13.8 Å². The van der Waals surface area contributed by atoms with Gasteiger partial charge >= 0.3 is 0 Å². The molecule has 0 aliphatic carbocycles. The van der Waals surface area contributed by atoms with E-state index < -0.39 is 20.0 Å². The summed E-state index contributed by atoms with van der Waals surface area (Å²) in [5.41, 5.74) is 6.71. The Morgan fingerprint density at radius 2 is 0.923 bits per heavy atom. The lowest BCUT2D eigenvalue weighted by molar-refractivity contribution is 0.101. The summed E-state index contributed by atoms with van der Waals surface area (Å²) in [5.74, 6) is -0.425. The third-order valence-electron chi connectivity index (χ3n) is 8.08. The Morgan fingerprint density at radius 1 is 0.481 bits per heavy atom. The molecule has 10 nitrogen and oxygen atoms in total. The van der Waals surface area contributed by atoms with Crippen LogP contribution in [0.1, 0.15) is 31.8 Å². The maximum absolute atomic E-state index is 12.4. The lowest BCUT2D eigenvalue weighted by Gasteiger charge is -2.10. The Morgan fingerprint density at radius 3 is 1.42 bits per heavy atom. The monoisotopic (exact) mass is 732 g/mol. The van der Waals surface area contributed by atoms with Gasteiger partial charge in [-0.3, -0.25) is 9.59 Å². The van der Waals surface area contributed by atoms with Gasteiger partial charge in [0.1, 0.15) is 0 Å². The second-order valence-electron chi connectivity index (χ2n) is 11.8. The van der Waals surface area contributed by atoms with Crippen LogP contribution in [0.15, 0.2) is 155 Å². The number of amides is 2. The predicted octanol–water partition coefficient (Wildman–Crippen LogP) is 7.12. The van der Waals surface area contributed by atoms with Crippen molar-refractivity contribution in [2.75, 3.05) is 10.6 Å². The largest absolute Gasteiger partial charge is 0.322 e. The number of anilines is 2. The minimum absolute atomic E-state index is 0.0529. The van der Waals surface area contributed by atoms with Crippen molar-refractivity contribution in [3.05, 3.63) is 168 Å². The number of primary sulfonamides is 2.